The van der Waals surface area contributed by atoms with Gasteiger partial charge in [0.1, 0.15) is 6.10 Å². The van der Waals surface area contributed by atoms with Crippen LogP contribution in [-0.2, 0) is 11.2 Å². The number of aromatic amines is 1. The summed E-state index contributed by atoms with van der Waals surface area (Å²) in [6.45, 7) is 5.89. The minimum Gasteiger partial charge on any atom is -0.440 e. The quantitative estimate of drug-likeness (QED) is 0.279. The van der Waals surface area contributed by atoms with Crippen LogP contribution in [0.3, 0.4) is 0 Å². The van der Waals surface area contributed by atoms with Gasteiger partial charge in [0.15, 0.2) is 17.3 Å². The molecule has 1 fully saturated rings. The highest BCUT2D eigenvalue weighted by Gasteiger charge is 2.44. The van der Waals surface area contributed by atoms with Crippen LogP contribution in [0.4, 0.5) is 13.6 Å². The molecule has 0 saturated carbocycles. The van der Waals surface area contributed by atoms with Crippen LogP contribution < -0.4 is 11.0 Å². The van der Waals surface area contributed by atoms with Crippen LogP contribution >= 0.6 is 0 Å². The highest BCUT2D eigenvalue weighted by Crippen LogP contribution is 2.43. The third-order valence-electron chi connectivity index (χ3n) is 8.30. The van der Waals surface area contributed by atoms with Crippen molar-refractivity contribution in [3.63, 3.8) is 0 Å². The number of halogens is 2. The van der Waals surface area contributed by atoms with Gasteiger partial charge in [0.25, 0.3) is 0 Å². The zero-order valence-corrected chi connectivity index (χ0v) is 24.5. The molecule has 0 radical (unpaired) electrons. The van der Waals surface area contributed by atoms with Crippen molar-refractivity contribution < 1.29 is 18.3 Å². The third-order valence-corrected chi connectivity index (χ3v) is 8.30. The Bertz CT molecular complexity index is 1700. The lowest BCUT2D eigenvalue weighted by molar-refractivity contribution is -0.00890. The molecule has 0 bridgehead atoms. The summed E-state index contributed by atoms with van der Waals surface area (Å²) in [4.78, 5) is 40.6. The Labute approximate surface area is 248 Å². The molecule has 0 spiro atoms. The summed E-state index contributed by atoms with van der Waals surface area (Å²) >= 11 is 0. The molecule has 2 aliphatic rings. The molecule has 4 heterocycles. The first kappa shape index (κ1) is 29.0. The Morgan fingerprint density at radius 1 is 1.05 bits per heavy atom. The molecule has 3 aromatic heterocycles. The number of pyridine rings is 2. The Morgan fingerprint density at radius 2 is 1.84 bits per heavy atom. The van der Waals surface area contributed by atoms with Crippen LogP contribution in [-0.4, -0.2) is 42.2 Å². The average molecular weight is 591 g/mol. The van der Waals surface area contributed by atoms with Gasteiger partial charge in [-0.05, 0) is 82.7 Å². The van der Waals surface area contributed by atoms with Gasteiger partial charge in [-0.15, -0.1) is 0 Å². The summed E-state index contributed by atoms with van der Waals surface area (Å²) in [7, 11) is 0. The highest BCUT2D eigenvalue weighted by molar-refractivity contribution is 5.71. The van der Waals surface area contributed by atoms with Gasteiger partial charge in [-0.25, -0.2) is 23.4 Å². The number of benzene rings is 1. The molecule has 9 nitrogen and oxygen atoms in total. The zero-order chi connectivity index (χ0) is 30.3. The number of hydrogen-bond acceptors (Lipinski definition) is 6. The van der Waals surface area contributed by atoms with Gasteiger partial charge in [-0.2, -0.15) is 0 Å². The van der Waals surface area contributed by atoms with E-state index in [9.17, 15) is 14.0 Å². The summed E-state index contributed by atoms with van der Waals surface area (Å²) in [6, 6.07) is 9.98. The standard InChI is InChI=1S/C32H36F2N6O3/c1-32(2,3)38-26-18-20(39-23-13-8-16-36-29(23)37-30(39)41)17-24(21-11-6-12-22(33)27(21)34)40(26)31(42)43-25-14-5-4-9-19-10-7-15-35-28(19)25/h6-8,10-13,15-16,20,24-26,38H,4-5,9,14,17-18H2,1-3H3,(H,36,37,41)/t20?,24-,25-,26?/m1/s1. The summed E-state index contributed by atoms with van der Waals surface area (Å²) in [5, 5.41) is 3.50. The molecular formula is C32H36F2N6O3. The Kier molecular flexibility index (Phi) is 7.76. The summed E-state index contributed by atoms with van der Waals surface area (Å²) < 4.78 is 38.0. The maximum absolute atomic E-state index is 15.5. The van der Waals surface area contributed by atoms with Crippen LogP contribution in [0.2, 0.25) is 0 Å². The number of imidazole rings is 1. The number of hydrogen-bond donors (Lipinski definition) is 2. The van der Waals surface area contributed by atoms with Crippen molar-refractivity contribution in [3.8, 4) is 0 Å². The number of carbonyl (C=O) groups is 1. The number of nitrogens with one attached hydrogen (secondary N) is 2. The molecule has 1 aliphatic heterocycles. The van der Waals surface area contributed by atoms with Crippen LogP contribution in [0, 0.1) is 11.6 Å². The molecule has 1 amide bonds. The first-order valence-corrected chi connectivity index (χ1v) is 14.8. The molecule has 4 atom stereocenters. The van der Waals surface area contributed by atoms with Crippen molar-refractivity contribution in [2.24, 2.45) is 0 Å². The molecule has 2 N–H and O–H groups in total. The number of fused-ring (bicyclic) bond motifs is 2. The van der Waals surface area contributed by atoms with E-state index in [1.165, 1.54) is 17.0 Å². The fourth-order valence-electron chi connectivity index (χ4n) is 6.56. The summed E-state index contributed by atoms with van der Waals surface area (Å²) in [5.41, 5.74) is 2.00. The summed E-state index contributed by atoms with van der Waals surface area (Å²) in [6.07, 6.45) is 5.14. The van der Waals surface area contributed by atoms with Gasteiger partial charge in [0.05, 0.1) is 23.4 Å². The van der Waals surface area contributed by atoms with Crippen molar-refractivity contribution in [2.45, 2.75) is 89.2 Å². The van der Waals surface area contributed by atoms with Crippen LogP contribution in [0.5, 0.6) is 0 Å². The zero-order valence-electron chi connectivity index (χ0n) is 24.5. The lowest BCUT2D eigenvalue weighted by Gasteiger charge is -2.47. The molecule has 1 aliphatic carbocycles. The van der Waals surface area contributed by atoms with Crippen molar-refractivity contribution >= 4 is 17.3 Å². The first-order chi connectivity index (χ1) is 20.6. The van der Waals surface area contributed by atoms with E-state index in [2.05, 4.69) is 20.3 Å². The van der Waals surface area contributed by atoms with Crippen LogP contribution in [0.25, 0.3) is 11.2 Å². The number of amides is 1. The number of likely N-dealkylation sites (tertiary alicyclic amines) is 1. The Balaban J connectivity index is 1.44. The van der Waals surface area contributed by atoms with Crippen molar-refractivity contribution in [1.82, 2.24) is 29.7 Å². The minimum atomic E-state index is -1.03. The number of rotatable bonds is 4. The molecule has 11 heteroatoms. The molecular weight excluding hydrogens is 554 g/mol. The molecule has 1 aromatic carbocycles. The maximum Gasteiger partial charge on any atom is 0.412 e. The SMILES string of the molecule is CC(C)(C)NC1CC(n2c(=O)[nH]c3ncccc32)C[C@H](c2cccc(F)c2F)N1C(=O)O[C@@H]1CCCCc2cccnc21. The molecule has 43 heavy (non-hydrogen) atoms. The van der Waals surface area contributed by atoms with Gasteiger partial charge in [-0.1, -0.05) is 18.2 Å². The number of carbonyl (C=O) groups excluding carboxylic acids is 1. The van der Waals surface area contributed by atoms with Crippen LogP contribution in [0.1, 0.15) is 87.9 Å². The topological polar surface area (TPSA) is 105 Å². The largest absolute Gasteiger partial charge is 0.440 e. The minimum absolute atomic E-state index is 0.0211. The predicted octanol–water partition coefficient (Wildman–Crippen LogP) is 6.09. The number of piperidine rings is 1. The van der Waals surface area contributed by atoms with E-state index >= 15 is 4.39 Å². The van der Waals surface area contributed by atoms with E-state index < -0.39 is 47.6 Å². The monoisotopic (exact) mass is 590 g/mol. The second-order valence-corrected chi connectivity index (χ2v) is 12.4. The molecule has 226 valence electrons. The number of H-pyrrole nitrogens is 1. The predicted molar refractivity (Wildman–Crippen MR) is 157 cm³/mol. The van der Waals surface area contributed by atoms with E-state index in [0.717, 1.165) is 36.6 Å². The Hall–Kier alpha value is -4.12. The average Bonchev–Trinajstić information content (AvgIpc) is 3.17. The second-order valence-electron chi connectivity index (χ2n) is 12.4. The smallest absolute Gasteiger partial charge is 0.412 e. The Morgan fingerprint density at radius 3 is 2.65 bits per heavy atom. The van der Waals surface area contributed by atoms with Crippen LogP contribution in [0.15, 0.2) is 59.7 Å². The second kappa shape index (κ2) is 11.5. The lowest BCUT2D eigenvalue weighted by atomic mass is 9.88. The molecule has 2 unspecified atom stereocenters. The first-order valence-electron chi connectivity index (χ1n) is 14.8. The fraction of sp³-hybridized carbons (Fsp3) is 0.438. The number of aryl methyl sites for hydroxylation is 1. The van der Waals surface area contributed by atoms with Gasteiger partial charge in [0.2, 0.25) is 0 Å². The van der Waals surface area contributed by atoms with Gasteiger partial charge >= 0.3 is 11.8 Å². The lowest BCUT2D eigenvalue weighted by Crippen LogP contribution is -2.59. The van der Waals surface area contributed by atoms with Crippen molar-refractivity contribution in [2.75, 3.05) is 0 Å². The normalized spacial score (nSPS) is 22.7. The van der Waals surface area contributed by atoms with E-state index in [4.69, 9.17) is 4.74 Å². The van der Waals surface area contributed by atoms with Crippen molar-refractivity contribution in [3.05, 3.63) is 93.8 Å². The molecule has 4 aromatic rings. The number of aromatic nitrogens is 4. The van der Waals surface area contributed by atoms with E-state index in [1.54, 1.807) is 29.1 Å². The third kappa shape index (κ3) is 5.78. The summed E-state index contributed by atoms with van der Waals surface area (Å²) in [5.74, 6) is -2.04. The van der Waals surface area contributed by atoms with E-state index in [-0.39, 0.29) is 17.7 Å². The van der Waals surface area contributed by atoms with Gasteiger partial charge in [-0.3, -0.25) is 24.8 Å². The maximum atomic E-state index is 15.5. The van der Waals surface area contributed by atoms with Gasteiger partial charge in [0, 0.05) is 36.0 Å². The van der Waals surface area contributed by atoms with Gasteiger partial charge < -0.3 is 4.74 Å². The number of nitrogens with zero attached hydrogens (tertiary/aromatic N) is 4. The molecule has 6 rings (SSSR count). The van der Waals surface area contributed by atoms with Crippen molar-refractivity contribution in [1.29, 1.82) is 0 Å². The number of ether oxygens (including phenoxy) is 1. The highest BCUT2D eigenvalue weighted by atomic mass is 19.2. The van der Waals surface area contributed by atoms with E-state index in [0.29, 0.717) is 24.0 Å². The molecule has 1 saturated heterocycles. The van der Waals surface area contributed by atoms with E-state index in [1.807, 2.05) is 32.9 Å². The fourth-order valence-corrected chi connectivity index (χ4v) is 6.56.